The summed E-state index contributed by atoms with van der Waals surface area (Å²) in [5, 5.41) is 67.0. The number of rotatable bonds is 20. The summed E-state index contributed by atoms with van der Waals surface area (Å²) in [6, 6.07) is 11.9. The number of β-amino-alcohol motifs (C(OH)–C–C–N with tert-alkyl or cyclic N) is 4. The molecule has 2 fully saturated rings. The molecule has 3 aromatic carbocycles. The zero-order chi connectivity index (χ0) is 62.1. The van der Waals surface area contributed by atoms with Crippen LogP contribution in [0.1, 0.15) is 125 Å². The van der Waals surface area contributed by atoms with Crippen molar-refractivity contribution in [2.45, 2.75) is 124 Å². The summed E-state index contributed by atoms with van der Waals surface area (Å²) in [6.07, 6.45) is -0.687. The van der Waals surface area contributed by atoms with Gasteiger partial charge in [0.2, 0.25) is 11.8 Å². The molecule has 0 saturated carbocycles. The van der Waals surface area contributed by atoms with Gasteiger partial charge < -0.3 is 69.1 Å². The molecule has 3 aromatic rings. The number of aliphatic hydroxyl groups excluding tert-OH is 4. The van der Waals surface area contributed by atoms with Crippen LogP contribution in [0.2, 0.25) is 0 Å². The normalized spacial score (nSPS) is 15.6. The van der Waals surface area contributed by atoms with E-state index < -0.39 is 77.2 Å². The van der Waals surface area contributed by atoms with Gasteiger partial charge in [0.05, 0.1) is 86.7 Å². The van der Waals surface area contributed by atoms with Gasteiger partial charge in [0, 0.05) is 24.7 Å². The van der Waals surface area contributed by atoms with Gasteiger partial charge in [0.25, 0.3) is 5.91 Å². The van der Waals surface area contributed by atoms with E-state index >= 15 is 0 Å². The van der Waals surface area contributed by atoms with Gasteiger partial charge in [-0.05, 0) is 88.8 Å². The number of phenols is 3. The van der Waals surface area contributed by atoms with E-state index in [1.165, 1.54) is 84.0 Å². The number of hydrogen-bond acceptors (Lipinski definition) is 21. The summed E-state index contributed by atoms with van der Waals surface area (Å²) >= 11 is 0. The lowest BCUT2D eigenvalue weighted by Crippen LogP contribution is -2.66. The Balaban J connectivity index is 0.000000517. The first kappa shape index (κ1) is 71.3. The Hall–Kier alpha value is -7.74. The monoisotopic (exact) mass is 1150 g/mol. The topological polar surface area (TPSA) is 347 Å². The van der Waals surface area contributed by atoms with Crippen molar-refractivity contribution in [2.75, 3.05) is 68.8 Å². The molecule has 7 N–H and O–H groups in total. The van der Waals surface area contributed by atoms with Crippen molar-refractivity contribution in [3.05, 3.63) is 71.3 Å². The maximum absolute atomic E-state index is 12.8. The predicted octanol–water partition coefficient (Wildman–Crippen LogP) is 5.26. The van der Waals surface area contributed by atoms with Crippen LogP contribution in [-0.2, 0) is 28.6 Å². The number of urea groups is 2. The van der Waals surface area contributed by atoms with Gasteiger partial charge >= 0.3 is 30.0 Å². The third-order valence-electron chi connectivity index (χ3n) is 13.2. The largest absolute Gasteiger partial charge is 0.507 e. The van der Waals surface area contributed by atoms with E-state index in [-0.39, 0.29) is 78.9 Å². The molecule has 7 amide bonds. The van der Waals surface area contributed by atoms with Gasteiger partial charge in [-0.1, -0.05) is 41.5 Å². The van der Waals surface area contributed by atoms with E-state index in [0.717, 1.165) is 14.7 Å². The van der Waals surface area contributed by atoms with Crippen LogP contribution >= 0.6 is 0 Å². The van der Waals surface area contributed by atoms with Gasteiger partial charge in [-0.25, -0.2) is 24.0 Å². The fraction of sp³-hybridized carbons (Fsp3) is 0.536. The van der Waals surface area contributed by atoms with E-state index in [0.29, 0.717) is 42.9 Å². The number of benzene rings is 3. The SMILES string of the molecule is CCC(O)CN1C(=O)N(CC(O)CC)C(=O)C(CC)(CC)C1=O.CCC(O)CN1C(=O)N(CC(O)CC)C(C)(C)C1=O.COC(=O)c1ccc(OC)cc1O.COC(=O)c1ccc(OC)cc1O.COC(=O)c1ccc(OC)cc1O. The second-order valence-corrected chi connectivity index (χ2v) is 18.6. The Morgan fingerprint density at radius 3 is 0.951 bits per heavy atom. The van der Waals surface area contributed by atoms with Crippen LogP contribution < -0.4 is 14.2 Å². The molecule has 2 saturated heterocycles. The predicted molar refractivity (Wildman–Crippen MR) is 293 cm³/mol. The number of nitrogens with zero attached hydrogens (tertiary/aromatic N) is 4. The maximum atomic E-state index is 12.8. The van der Waals surface area contributed by atoms with Crippen LogP contribution in [0.4, 0.5) is 9.59 Å². The van der Waals surface area contributed by atoms with Crippen LogP contribution in [0.25, 0.3) is 0 Å². The molecule has 2 aliphatic heterocycles. The standard InChI is InChI=1S/C16H28N2O5.C13H24N2O4.3C9H10O4/c1-5-11(19)9-17-13(21)16(7-3,8-4)14(22)18(15(17)23)10-12(20)6-2;1-5-9(16)7-14-11(18)13(3,4)15(12(14)19)8-10(17)6-2;3*1-12-6-3-4-7(8(10)5-6)9(11)13-2/h11-12,19-20H,5-10H2,1-4H3;9-10,16-17H,5-8H2,1-4H3;3*3-5,10H,1-2H3. The third kappa shape index (κ3) is 18.9. The summed E-state index contributed by atoms with van der Waals surface area (Å²) in [7, 11) is 8.20. The van der Waals surface area contributed by atoms with E-state index in [2.05, 4.69) is 14.2 Å². The number of aromatic hydroxyl groups is 3. The van der Waals surface area contributed by atoms with Gasteiger partial charge in [-0.3, -0.25) is 29.1 Å². The number of carbonyl (C=O) groups is 8. The highest BCUT2D eigenvalue weighted by Gasteiger charge is 2.56. The van der Waals surface area contributed by atoms with Gasteiger partial charge in [-0.15, -0.1) is 0 Å². The van der Waals surface area contributed by atoms with Gasteiger partial charge in [0.15, 0.2) is 0 Å². The molecular formula is C56H82N4O21. The number of methoxy groups -OCH3 is 6. The molecule has 0 bridgehead atoms. The Morgan fingerprint density at radius 2 is 0.716 bits per heavy atom. The highest BCUT2D eigenvalue weighted by atomic mass is 16.5. The lowest BCUT2D eigenvalue weighted by molar-refractivity contribution is -0.161. The number of esters is 3. The molecule has 4 atom stereocenters. The van der Waals surface area contributed by atoms with Crippen LogP contribution in [0.5, 0.6) is 34.5 Å². The van der Waals surface area contributed by atoms with Crippen molar-refractivity contribution in [1.29, 1.82) is 0 Å². The molecule has 0 aromatic heterocycles. The van der Waals surface area contributed by atoms with E-state index in [4.69, 9.17) is 14.2 Å². The number of phenolic OH excluding ortho intramolecular Hbond substituents is 3. The average molecular weight is 1150 g/mol. The smallest absolute Gasteiger partial charge is 0.341 e. The van der Waals surface area contributed by atoms with Crippen molar-refractivity contribution in [2.24, 2.45) is 5.41 Å². The Labute approximate surface area is 472 Å². The van der Waals surface area contributed by atoms with E-state index in [1.54, 1.807) is 66.7 Å². The zero-order valence-electron chi connectivity index (χ0n) is 48.7. The summed E-state index contributed by atoms with van der Waals surface area (Å²) in [4.78, 5) is 100.0. The first-order valence-electron chi connectivity index (χ1n) is 26.0. The number of barbiturate groups is 1. The van der Waals surface area contributed by atoms with Crippen molar-refractivity contribution in [3.8, 4) is 34.5 Å². The second kappa shape index (κ2) is 33.8. The quantitative estimate of drug-likeness (QED) is 0.0328. The van der Waals surface area contributed by atoms with Crippen molar-refractivity contribution in [1.82, 2.24) is 19.6 Å². The average Bonchev–Trinajstić information content (AvgIpc) is 3.71. The van der Waals surface area contributed by atoms with Crippen LogP contribution in [0.15, 0.2) is 54.6 Å². The molecule has 25 nitrogen and oxygen atoms in total. The molecule has 0 spiro atoms. The fourth-order valence-corrected chi connectivity index (χ4v) is 7.61. The van der Waals surface area contributed by atoms with Crippen LogP contribution in [-0.4, -0.2) is 202 Å². The molecule has 4 unspecified atom stereocenters. The van der Waals surface area contributed by atoms with Gasteiger partial charge in [-0.2, -0.15) is 0 Å². The first-order valence-corrected chi connectivity index (χ1v) is 26.0. The molecule has 5 rings (SSSR count). The fourth-order valence-electron chi connectivity index (χ4n) is 7.61. The molecule has 2 heterocycles. The number of carbonyl (C=O) groups excluding carboxylic acids is 8. The number of aliphatic hydroxyl groups is 4. The van der Waals surface area contributed by atoms with Gasteiger partial charge in [0.1, 0.15) is 62.1 Å². The highest BCUT2D eigenvalue weighted by molar-refractivity contribution is 6.19. The summed E-state index contributed by atoms with van der Waals surface area (Å²) in [5.74, 6) is -2.10. The number of amides is 7. The minimum absolute atomic E-state index is 0.0102. The third-order valence-corrected chi connectivity index (χ3v) is 13.2. The molecule has 452 valence electrons. The van der Waals surface area contributed by atoms with E-state index in [9.17, 15) is 74.1 Å². The molecular weight excluding hydrogens is 1060 g/mol. The van der Waals surface area contributed by atoms with E-state index in [1.807, 2.05) is 6.92 Å². The molecule has 2 aliphatic rings. The molecule has 81 heavy (non-hydrogen) atoms. The van der Waals surface area contributed by atoms with Crippen LogP contribution in [0, 0.1) is 5.41 Å². The Morgan fingerprint density at radius 1 is 0.444 bits per heavy atom. The lowest BCUT2D eigenvalue weighted by atomic mass is 9.77. The number of ether oxygens (including phenoxy) is 6. The lowest BCUT2D eigenvalue weighted by Gasteiger charge is -2.44. The summed E-state index contributed by atoms with van der Waals surface area (Å²) in [5.41, 5.74) is -1.88. The minimum atomic E-state index is -1.30. The van der Waals surface area contributed by atoms with Crippen molar-refractivity contribution >= 4 is 47.7 Å². The Bertz CT molecular complexity index is 2400. The first-order chi connectivity index (χ1) is 38.1. The molecule has 0 aliphatic carbocycles. The minimum Gasteiger partial charge on any atom is -0.507 e. The second-order valence-electron chi connectivity index (χ2n) is 18.6. The van der Waals surface area contributed by atoms with Crippen LogP contribution in [0.3, 0.4) is 0 Å². The molecule has 0 radical (unpaired) electrons. The maximum Gasteiger partial charge on any atom is 0.341 e. The number of imide groups is 3. The van der Waals surface area contributed by atoms with Crippen molar-refractivity contribution < 1.29 is 103 Å². The van der Waals surface area contributed by atoms with Crippen molar-refractivity contribution in [3.63, 3.8) is 0 Å². The molecule has 25 heteroatoms. The number of hydrogen-bond donors (Lipinski definition) is 7. The summed E-state index contributed by atoms with van der Waals surface area (Å²) < 4.78 is 27.9. The Kier molecular flexibility index (Phi) is 29.7. The summed E-state index contributed by atoms with van der Waals surface area (Å²) in [6.45, 7) is 13.8. The highest BCUT2D eigenvalue weighted by Crippen LogP contribution is 2.37. The zero-order valence-corrected chi connectivity index (χ0v) is 48.7.